The summed E-state index contributed by atoms with van der Waals surface area (Å²) in [7, 11) is 0. The summed E-state index contributed by atoms with van der Waals surface area (Å²) in [5.41, 5.74) is 0. The van der Waals surface area contributed by atoms with E-state index in [1.54, 1.807) is 11.3 Å². The summed E-state index contributed by atoms with van der Waals surface area (Å²) in [5.74, 6) is 0.328. The van der Waals surface area contributed by atoms with Gasteiger partial charge in [-0.25, -0.2) is 0 Å². The van der Waals surface area contributed by atoms with Crippen molar-refractivity contribution in [2.75, 3.05) is 0 Å². The van der Waals surface area contributed by atoms with Crippen molar-refractivity contribution in [1.82, 2.24) is 0 Å². The molecular weight excluding hydrogens is 252 g/mol. The lowest BCUT2D eigenvalue weighted by atomic mass is 10.0. The van der Waals surface area contributed by atoms with E-state index in [9.17, 15) is 4.79 Å². The van der Waals surface area contributed by atoms with Crippen LogP contribution in [0, 0.1) is 0 Å². The van der Waals surface area contributed by atoms with Crippen molar-refractivity contribution in [3.63, 3.8) is 0 Å². The van der Waals surface area contributed by atoms with Gasteiger partial charge in [0.1, 0.15) is 0 Å². The Bertz CT molecular complexity index is 316. The first kappa shape index (κ1) is 16.4. The highest BCUT2D eigenvalue weighted by atomic mass is 32.1. The zero-order chi connectivity index (χ0) is 13.8. The molecule has 0 saturated heterocycles. The number of rotatable bonds is 12. The molecule has 0 radical (unpaired) electrons. The van der Waals surface area contributed by atoms with Crippen LogP contribution in [0.1, 0.15) is 87.2 Å². The highest BCUT2D eigenvalue weighted by Crippen LogP contribution is 2.15. The molecule has 0 bridgehead atoms. The SMILES string of the molecule is CCCCCCCCCCCCC(=O)c1cccs1. The molecule has 0 saturated carbocycles. The Kier molecular flexibility index (Phi) is 9.70. The van der Waals surface area contributed by atoms with Gasteiger partial charge in [-0.2, -0.15) is 0 Å². The minimum absolute atomic E-state index is 0.328. The van der Waals surface area contributed by atoms with E-state index in [1.807, 2.05) is 17.5 Å². The number of unbranched alkanes of at least 4 members (excludes halogenated alkanes) is 9. The number of ketones is 1. The van der Waals surface area contributed by atoms with Crippen molar-refractivity contribution >= 4 is 17.1 Å². The largest absolute Gasteiger partial charge is 0.293 e. The zero-order valence-corrected chi connectivity index (χ0v) is 13.1. The van der Waals surface area contributed by atoms with E-state index in [0.717, 1.165) is 17.7 Å². The van der Waals surface area contributed by atoms with Gasteiger partial charge in [0.05, 0.1) is 4.88 Å². The van der Waals surface area contributed by atoms with E-state index >= 15 is 0 Å². The van der Waals surface area contributed by atoms with Gasteiger partial charge in [0, 0.05) is 6.42 Å². The molecular formula is C17H28OS. The Labute approximate surface area is 122 Å². The Balaban J connectivity index is 1.85. The maximum absolute atomic E-state index is 11.8. The number of carbonyl (C=O) groups excluding carboxylic acids is 1. The van der Waals surface area contributed by atoms with Gasteiger partial charge in [-0.05, 0) is 17.9 Å². The molecule has 1 aromatic heterocycles. The van der Waals surface area contributed by atoms with E-state index in [1.165, 1.54) is 57.8 Å². The average Bonchev–Trinajstić information content (AvgIpc) is 2.95. The molecule has 0 aliphatic heterocycles. The second-order valence-corrected chi connectivity index (χ2v) is 6.28. The van der Waals surface area contributed by atoms with Crippen molar-refractivity contribution < 1.29 is 4.79 Å². The van der Waals surface area contributed by atoms with Gasteiger partial charge < -0.3 is 0 Å². The van der Waals surface area contributed by atoms with Crippen LogP contribution in [0.2, 0.25) is 0 Å². The molecule has 1 aromatic rings. The minimum Gasteiger partial charge on any atom is -0.293 e. The molecule has 1 rings (SSSR count). The molecule has 1 nitrogen and oxygen atoms in total. The molecule has 0 amide bonds. The van der Waals surface area contributed by atoms with Gasteiger partial charge in [0.2, 0.25) is 0 Å². The highest BCUT2D eigenvalue weighted by molar-refractivity contribution is 7.12. The fraction of sp³-hybridized carbons (Fsp3) is 0.706. The molecule has 0 aromatic carbocycles. The second kappa shape index (κ2) is 11.2. The number of hydrogen-bond donors (Lipinski definition) is 0. The first-order valence-electron chi connectivity index (χ1n) is 7.91. The van der Waals surface area contributed by atoms with Gasteiger partial charge in [-0.15, -0.1) is 11.3 Å². The highest BCUT2D eigenvalue weighted by Gasteiger charge is 2.05. The summed E-state index contributed by atoms with van der Waals surface area (Å²) in [4.78, 5) is 12.7. The zero-order valence-electron chi connectivity index (χ0n) is 12.3. The van der Waals surface area contributed by atoms with Gasteiger partial charge in [-0.3, -0.25) is 4.79 Å². The van der Waals surface area contributed by atoms with Gasteiger partial charge in [-0.1, -0.05) is 70.8 Å². The van der Waals surface area contributed by atoms with E-state index in [-0.39, 0.29) is 0 Å². The second-order valence-electron chi connectivity index (χ2n) is 5.33. The van der Waals surface area contributed by atoms with Crippen molar-refractivity contribution in [3.8, 4) is 0 Å². The van der Waals surface area contributed by atoms with Crippen molar-refractivity contribution in [2.24, 2.45) is 0 Å². The summed E-state index contributed by atoms with van der Waals surface area (Å²) < 4.78 is 0. The molecule has 1 heterocycles. The molecule has 2 heteroatoms. The maximum atomic E-state index is 11.8. The smallest absolute Gasteiger partial charge is 0.172 e. The van der Waals surface area contributed by atoms with Gasteiger partial charge in [0.15, 0.2) is 5.78 Å². The Hall–Kier alpha value is -0.630. The van der Waals surface area contributed by atoms with Crippen LogP contribution in [-0.2, 0) is 0 Å². The van der Waals surface area contributed by atoms with E-state index in [4.69, 9.17) is 0 Å². The van der Waals surface area contributed by atoms with Crippen LogP contribution in [-0.4, -0.2) is 5.78 Å². The summed E-state index contributed by atoms with van der Waals surface area (Å²) in [6.45, 7) is 2.26. The van der Waals surface area contributed by atoms with Crippen molar-refractivity contribution in [3.05, 3.63) is 22.4 Å². The first-order valence-corrected chi connectivity index (χ1v) is 8.79. The maximum Gasteiger partial charge on any atom is 0.172 e. The third-order valence-electron chi connectivity index (χ3n) is 3.55. The molecule has 0 unspecified atom stereocenters. The van der Waals surface area contributed by atoms with Crippen LogP contribution in [0.5, 0.6) is 0 Å². The summed E-state index contributed by atoms with van der Waals surface area (Å²) in [6, 6.07) is 3.89. The molecule has 0 fully saturated rings. The fourth-order valence-corrected chi connectivity index (χ4v) is 3.03. The monoisotopic (exact) mass is 280 g/mol. The minimum atomic E-state index is 0.328. The lowest BCUT2D eigenvalue weighted by molar-refractivity contribution is 0.0983. The summed E-state index contributed by atoms with van der Waals surface area (Å²) in [5, 5.41) is 1.98. The summed E-state index contributed by atoms with van der Waals surface area (Å²) in [6.07, 6.45) is 14.0. The molecule has 108 valence electrons. The van der Waals surface area contributed by atoms with E-state index in [2.05, 4.69) is 6.92 Å². The first-order chi connectivity index (χ1) is 9.34. The predicted molar refractivity (Wildman–Crippen MR) is 85.1 cm³/mol. The number of Topliss-reactive ketones (excluding diaryl/α,β-unsaturated/α-hetero) is 1. The van der Waals surface area contributed by atoms with Crippen LogP contribution in [0.25, 0.3) is 0 Å². The fourth-order valence-electron chi connectivity index (χ4n) is 2.33. The molecule has 0 atom stereocenters. The third kappa shape index (κ3) is 8.20. The molecule has 0 aliphatic rings. The molecule has 0 aliphatic carbocycles. The van der Waals surface area contributed by atoms with Crippen LogP contribution < -0.4 is 0 Å². The average molecular weight is 280 g/mol. The topological polar surface area (TPSA) is 17.1 Å². The number of carbonyl (C=O) groups is 1. The standard InChI is InChI=1S/C17H28OS/c1-2-3-4-5-6-7-8-9-10-11-13-16(18)17-14-12-15-19-17/h12,14-15H,2-11,13H2,1H3. The van der Waals surface area contributed by atoms with Gasteiger partial charge in [0.25, 0.3) is 0 Å². The molecule has 0 spiro atoms. The molecule has 0 N–H and O–H groups in total. The van der Waals surface area contributed by atoms with E-state index in [0.29, 0.717) is 5.78 Å². The van der Waals surface area contributed by atoms with Crippen LogP contribution >= 0.6 is 11.3 Å². The van der Waals surface area contributed by atoms with Crippen LogP contribution in [0.3, 0.4) is 0 Å². The lowest BCUT2D eigenvalue weighted by Crippen LogP contribution is -1.95. The molecule has 19 heavy (non-hydrogen) atoms. The number of thiophene rings is 1. The van der Waals surface area contributed by atoms with E-state index < -0.39 is 0 Å². The normalized spacial score (nSPS) is 10.8. The Morgan fingerprint density at radius 3 is 2.05 bits per heavy atom. The Morgan fingerprint density at radius 2 is 1.53 bits per heavy atom. The lowest BCUT2D eigenvalue weighted by Gasteiger charge is -2.02. The summed E-state index contributed by atoms with van der Waals surface area (Å²) >= 11 is 1.56. The quantitative estimate of drug-likeness (QED) is 0.327. The predicted octanol–water partition coefficient (Wildman–Crippen LogP) is 6.24. The van der Waals surface area contributed by atoms with Crippen LogP contribution in [0.15, 0.2) is 17.5 Å². The number of hydrogen-bond acceptors (Lipinski definition) is 2. The van der Waals surface area contributed by atoms with Crippen LogP contribution in [0.4, 0.5) is 0 Å². The Morgan fingerprint density at radius 1 is 0.947 bits per heavy atom. The van der Waals surface area contributed by atoms with Crippen molar-refractivity contribution in [2.45, 2.75) is 77.6 Å². The third-order valence-corrected chi connectivity index (χ3v) is 4.46. The van der Waals surface area contributed by atoms with Gasteiger partial charge >= 0.3 is 0 Å². The van der Waals surface area contributed by atoms with Crippen molar-refractivity contribution in [1.29, 1.82) is 0 Å².